The molecule has 2 aromatic carbocycles. The van der Waals surface area contributed by atoms with Crippen LogP contribution in [0.15, 0.2) is 60.7 Å². The number of esters is 4. The van der Waals surface area contributed by atoms with Crippen LogP contribution in [0.4, 0.5) is 9.59 Å². The number of carbonyl (C=O) groups is 12. The summed E-state index contributed by atoms with van der Waals surface area (Å²) in [5, 5.41) is 63.3. The summed E-state index contributed by atoms with van der Waals surface area (Å²) >= 11 is 0. The largest absolute Gasteiger partial charge is 0.480 e. The number of amides is 3. The predicted molar refractivity (Wildman–Crippen MR) is 477 cm³/mol. The van der Waals surface area contributed by atoms with Gasteiger partial charge in [0.15, 0.2) is 0 Å². The van der Waals surface area contributed by atoms with E-state index in [0.29, 0.717) is 77.7 Å². The monoisotopic (exact) mass is 1830 g/mol. The van der Waals surface area contributed by atoms with Gasteiger partial charge in [0.1, 0.15) is 41.6 Å². The molecule has 3 saturated heterocycles. The molecule has 0 spiro atoms. The molecule has 122 heavy (non-hydrogen) atoms. The summed E-state index contributed by atoms with van der Waals surface area (Å²) in [6.45, 7) is 27.1. The van der Waals surface area contributed by atoms with Crippen LogP contribution in [0, 0.1) is 5.92 Å². The molecule has 6 rings (SSSR count). The van der Waals surface area contributed by atoms with E-state index in [0.717, 1.165) is 56.7 Å². The van der Waals surface area contributed by atoms with E-state index in [1.165, 1.54) is 21.6 Å². The highest BCUT2D eigenvalue weighted by molar-refractivity contribution is 8.93. The van der Waals surface area contributed by atoms with Gasteiger partial charge in [0.2, 0.25) is 5.91 Å². The third-order valence-electron chi connectivity index (χ3n) is 15.1. The first-order valence-corrected chi connectivity index (χ1v) is 39.9. The van der Waals surface area contributed by atoms with E-state index in [9.17, 15) is 57.5 Å². The fraction of sp³-hybridized carbons (Fsp3) is 0.687. The number of ether oxygens (including phenoxy) is 6. The molecule has 0 bridgehead atoms. The Hall–Kier alpha value is -7.77. The number of hydrogen-bond donors (Lipinski definition) is 14. The summed E-state index contributed by atoms with van der Waals surface area (Å²) in [5.74, 6) is -2.62. The Morgan fingerprint density at radius 1 is 0.639 bits per heavy atom. The quantitative estimate of drug-likeness (QED) is 0.0240. The highest BCUT2D eigenvalue weighted by Gasteiger charge is 2.32. The lowest BCUT2D eigenvalue weighted by atomic mass is 10.0. The Morgan fingerprint density at radius 2 is 1.11 bits per heavy atom. The molecule has 4 aliphatic rings. The number of alkyl carbamates (subject to hydrolysis) is 1. The minimum absolute atomic E-state index is 0. The van der Waals surface area contributed by atoms with Crippen molar-refractivity contribution in [1.82, 2.24) is 35.1 Å². The van der Waals surface area contributed by atoms with E-state index in [2.05, 4.69) is 60.8 Å². The molecule has 10 atom stereocenters. The van der Waals surface area contributed by atoms with Gasteiger partial charge in [0.25, 0.3) is 0 Å². The zero-order valence-corrected chi connectivity index (χ0v) is 78.6. The van der Waals surface area contributed by atoms with E-state index in [1.54, 1.807) is 96.3 Å². The van der Waals surface area contributed by atoms with E-state index in [1.807, 2.05) is 99.2 Å². The summed E-state index contributed by atoms with van der Waals surface area (Å²) in [5.41, 5.74) is 30.4. The maximum absolute atomic E-state index is 11.6. The van der Waals surface area contributed by atoms with Crippen LogP contribution in [0.1, 0.15) is 164 Å². The first-order chi connectivity index (χ1) is 55.8. The number of aldehydes is 2. The second kappa shape index (κ2) is 78.0. The van der Waals surface area contributed by atoms with Crippen molar-refractivity contribution in [2.45, 2.75) is 226 Å². The van der Waals surface area contributed by atoms with Crippen LogP contribution < -0.4 is 39.3 Å². The average molecular weight is 1840 g/mol. The number of hydrogen-bond acceptors (Lipinski definition) is 32. The predicted octanol–water partition coefficient (Wildman–Crippen LogP) is 3.53. The molecule has 0 saturated carbocycles. The highest BCUT2D eigenvalue weighted by Crippen LogP contribution is 2.30. The number of aliphatic carboxylic acids is 2. The summed E-state index contributed by atoms with van der Waals surface area (Å²) in [4.78, 5) is 137. The number of carbonyl (C=O) groups excluding carboxylic acids is 10. The third-order valence-corrected chi connectivity index (χ3v) is 15.1. The molecule has 39 heteroatoms. The molecule has 37 nitrogen and oxygen atoms in total. The number of aliphatic hydroxyl groups is 5. The number of aliphatic hydroxyl groups excluding tert-OH is 5. The number of nitrogens with one attached hydrogen (secondary N) is 2. The van der Waals surface area contributed by atoms with Gasteiger partial charge >= 0.3 is 48.0 Å². The number of cyclic esters (lactones) is 2. The van der Waals surface area contributed by atoms with Crippen molar-refractivity contribution in [3.8, 4) is 0 Å². The maximum atomic E-state index is 11.6. The summed E-state index contributed by atoms with van der Waals surface area (Å²) in [6.07, 6.45) is 9.26. The van der Waals surface area contributed by atoms with Gasteiger partial charge < -0.3 is 113 Å². The number of Topliss-reactive ketones (excluding diaryl/α,β-unsaturated/α-hetero) is 1. The molecular weight excluding hydrogens is 1680 g/mol. The first kappa shape index (κ1) is 130. The van der Waals surface area contributed by atoms with E-state index in [4.69, 9.17) is 73.9 Å². The number of allylic oxidation sites excluding steroid dienone is 1. The SMILES string of the molecule is Br.CC(C)(C)OC(=O)N1CCC[C@@H]1C=O.CC(C)(C)OC(=O)N[C@@H](C=O)Cc1ccccc1.CCCC(=O)CC(=O)N[C@H]1CCOC1=O.CCOC(=O)CN(C)C.CCOC(=O)CN(C)C.CC[C@H](C)[C@H](N)CO.CN(C)CC(=O)O.CN(C)CC(=O)O.C[C@@H](O)[C@H](N)CO.C[C@H](N)CO.Cl.NC1CCOC1=O.N[C@H](CO)CC1=CCc2ccccc21. The average Bonchev–Trinajstić information content (AvgIpc) is 1.70. The lowest BCUT2D eigenvalue weighted by Gasteiger charge is -2.26. The second-order valence-electron chi connectivity index (χ2n) is 30.8. The van der Waals surface area contributed by atoms with Crippen LogP contribution in [0.3, 0.4) is 0 Å². The summed E-state index contributed by atoms with van der Waals surface area (Å²) in [6, 6.07) is 15.4. The molecule has 710 valence electrons. The normalized spacial score (nSPS) is 15.9. The van der Waals surface area contributed by atoms with Crippen molar-refractivity contribution in [2.24, 2.45) is 34.6 Å². The number of halogens is 2. The Kier molecular flexibility index (Phi) is 83.0. The van der Waals surface area contributed by atoms with E-state index >= 15 is 0 Å². The topological polar surface area (TPSA) is 572 Å². The number of fused-ring (bicyclic) bond motifs is 1. The van der Waals surface area contributed by atoms with Gasteiger partial charge in [0.05, 0.1) is 110 Å². The number of rotatable bonds is 29. The van der Waals surface area contributed by atoms with Crippen molar-refractivity contribution < 1.29 is 122 Å². The molecular formula is C83H154BrClN12O25. The number of ketones is 1. The molecule has 2 aromatic rings. The zero-order valence-electron chi connectivity index (χ0n) is 76.1. The number of likely N-dealkylation sites (tertiary alicyclic amines) is 1. The van der Waals surface area contributed by atoms with Gasteiger partial charge in [-0.05, 0) is 192 Å². The smallest absolute Gasteiger partial charge is 0.410 e. The van der Waals surface area contributed by atoms with Gasteiger partial charge in [0, 0.05) is 43.9 Å². The molecule has 1 aliphatic carbocycles. The number of likely N-dealkylation sites (N-methyl/N-ethyl adjacent to an activating group) is 4. The van der Waals surface area contributed by atoms with Gasteiger partial charge in [-0.2, -0.15) is 0 Å². The molecule has 3 aliphatic heterocycles. The molecule has 3 fully saturated rings. The Balaban J connectivity index is -0.000000197. The summed E-state index contributed by atoms with van der Waals surface area (Å²) < 4.78 is 28.8. The van der Waals surface area contributed by atoms with E-state index < -0.39 is 65.3 Å². The first-order valence-electron chi connectivity index (χ1n) is 39.9. The van der Waals surface area contributed by atoms with Crippen LogP contribution in [0.2, 0.25) is 0 Å². The fourth-order valence-corrected chi connectivity index (χ4v) is 8.87. The minimum atomic E-state index is -0.787. The lowest BCUT2D eigenvalue weighted by molar-refractivity contribution is -0.144. The zero-order chi connectivity index (χ0) is 93.9. The molecule has 3 amide bonds. The van der Waals surface area contributed by atoms with Crippen molar-refractivity contribution in [3.05, 3.63) is 77.4 Å². The van der Waals surface area contributed by atoms with Crippen LogP contribution in [-0.2, 0) is 89.2 Å². The standard InChI is InChI=1S/C14H19NO3.C12H15NO.C10H15NO4.C10H17NO3.2C6H13NO2.C6H15NO.C4H7NO2.2C4H9NO2.C4H11NO2.C3H9NO.BrH.ClH/c1-14(2,3)18-13(17)15-12(10-16)9-11-7-5-4-6-8-11;13-11(8-14)7-10-6-5-9-3-1-2-4-12(9)10;1-2-3-7(12)6-9(13)11-8-4-5-15-10(8)14;1-10(2,3)14-9(13)11-6-4-5-8(11)7-12;2*1-4-9-6(8)5-7(2)3;1-3-5(2)6(7)4-8;5-3-1-2-7-4(3)6;2*1-5(2)3-4(6)7;1-3(7)4(5)2-6;1-3(4)2-5;;/h4-8,10,12H,9H2,1-3H3,(H,15,17);1-4,6,11,14H,5,7-8,13H2;8H,2-6H2,1H3,(H,11,13);7-8H,4-6H2,1-3H3;2*4-5H2,1-3H3;5-6,8H,3-4,7H2,1-2H3;3H,1-2,5H2;2*3H2,1-2H3,(H,6,7);3-4,6-7H,2,5H2,1H3;3,5H,2,4H2,1H3;2*1H/t12-;11-;2*8-;;;5-,6+;;;;3-,4-;3-;;/m1001..0...10../s1. The Labute approximate surface area is 740 Å². The van der Waals surface area contributed by atoms with Gasteiger partial charge in [-0.1, -0.05) is 87.9 Å². The molecule has 0 aromatic heterocycles. The molecule has 0 radical (unpaired) electrons. The molecule has 1 unspecified atom stereocenters. The Morgan fingerprint density at radius 3 is 1.43 bits per heavy atom. The van der Waals surface area contributed by atoms with Crippen molar-refractivity contribution in [1.29, 1.82) is 0 Å². The fourth-order valence-electron chi connectivity index (χ4n) is 8.87. The number of nitrogens with two attached hydrogens (primary N) is 5. The van der Waals surface area contributed by atoms with Crippen molar-refractivity contribution >= 4 is 107 Å². The number of carboxylic acid groups (broad SMARTS) is 2. The second-order valence-corrected chi connectivity index (χ2v) is 30.8. The maximum Gasteiger partial charge on any atom is 0.410 e. The molecule has 19 N–H and O–H groups in total. The Bertz CT molecular complexity index is 3100. The van der Waals surface area contributed by atoms with E-state index in [-0.39, 0.29) is 135 Å². The molecule has 3 heterocycles. The van der Waals surface area contributed by atoms with Crippen LogP contribution in [-0.4, -0.2) is 340 Å². The van der Waals surface area contributed by atoms with Crippen molar-refractivity contribution in [2.75, 3.05) is 142 Å². The lowest BCUT2D eigenvalue weighted by Crippen LogP contribution is -2.41. The van der Waals surface area contributed by atoms with Crippen LogP contribution in [0.25, 0.3) is 5.57 Å². The van der Waals surface area contributed by atoms with Gasteiger partial charge in [-0.25, -0.2) is 14.4 Å². The third kappa shape index (κ3) is 80.6. The van der Waals surface area contributed by atoms with Crippen LogP contribution in [0.5, 0.6) is 0 Å². The van der Waals surface area contributed by atoms with Gasteiger partial charge in [-0.15, -0.1) is 29.4 Å². The minimum Gasteiger partial charge on any atom is -0.480 e. The van der Waals surface area contributed by atoms with Crippen LogP contribution >= 0.6 is 29.4 Å². The highest BCUT2D eigenvalue weighted by atomic mass is 79.9. The number of nitrogens with zero attached hydrogens (tertiary/aromatic N) is 5. The summed E-state index contributed by atoms with van der Waals surface area (Å²) in [7, 11) is 14.2. The van der Waals surface area contributed by atoms with Gasteiger partial charge in [-0.3, -0.25) is 58.1 Å². The number of carboxylic acids is 2. The number of benzene rings is 2. The van der Waals surface area contributed by atoms with Crippen molar-refractivity contribution in [3.63, 3.8) is 0 Å².